The SMILES string of the molecule is Cc1ccc(C(=O)NCc2cccc3c2NCCC3)cc1. The maximum atomic E-state index is 12.2. The molecular weight excluding hydrogens is 260 g/mol. The van der Waals surface area contributed by atoms with E-state index in [1.54, 1.807) is 0 Å². The summed E-state index contributed by atoms with van der Waals surface area (Å²) in [5.41, 5.74) is 5.58. The number of hydrogen-bond donors (Lipinski definition) is 2. The van der Waals surface area contributed by atoms with E-state index in [0.29, 0.717) is 12.1 Å². The van der Waals surface area contributed by atoms with Crippen molar-refractivity contribution < 1.29 is 4.79 Å². The number of carbonyl (C=O) groups excluding carboxylic acids is 1. The minimum absolute atomic E-state index is 0.0246. The van der Waals surface area contributed by atoms with Crippen molar-refractivity contribution in [2.24, 2.45) is 0 Å². The van der Waals surface area contributed by atoms with Gasteiger partial charge in [-0.15, -0.1) is 0 Å². The van der Waals surface area contributed by atoms with Gasteiger partial charge in [0.1, 0.15) is 0 Å². The van der Waals surface area contributed by atoms with Gasteiger partial charge in [-0.05, 0) is 43.0 Å². The van der Waals surface area contributed by atoms with Crippen molar-refractivity contribution in [2.45, 2.75) is 26.3 Å². The minimum Gasteiger partial charge on any atom is -0.385 e. The van der Waals surface area contributed by atoms with Crippen LogP contribution in [-0.2, 0) is 13.0 Å². The van der Waals surface area contributed by atoms with Gasteiger partial charge in [0, 0.05) is 24.3 Å². The Hall–Kier alpha value is -2.29. The maximum Gasteiger partial charge on any atom is 0.251 e. The van der Waals surface area contributed by atoms with E-state index >= 15 is 0 Å². The van der Waals surface area contributed by atoms with Crippen LogP contribution in [-0.4, -0.2) is 12.5 Å². The quantitative estimate of drug-likeness (QED) is 0.906. The molecule has 1 aliphatic heterocycles. The number of carbonyl (C=O) groups is 1. The highest BCUT2D eigenvalue weighted by Crippen LogP contribution is 2.25. The van der Waals surface area contributed by atoms with Crippen LogP contribution in [0.2, 0.25) is 0 Å². The van der Waals surface area contributed by atoms with Gasteiger partial charge in [0.2, 0.25) is 0 Å². The second-order valence-electron chi connectivity index (χ2n) is 5.53. The zero-order chi connectivity index (χ0) is 14.7. The smallest absolute Gasteiger partial charge is 0.251 e. The molecule has 1 heterocycles. The molecule has 3 nitrogen and oxygen atoms in total. The molecule has 0 saturated heterocycles. The lowest BCUT2D eigenvalue weighted by molar-refractivity contribution is 0.0951. The first kappa shape index (κ1) is 13.7. The third kappa shape index (κ3) is 3.07. The molecule has 0 saturated carbocycles. The van der Waals surface area contributed by atoms with Crippen LogP contribution in [0.15, 0.2) is 42.5 Å². The molecule has 0 fully saturated rings. The lowest BCUT2D eigenvalue weighted by atomic mass is 9.99. The molecule has 0 unspecified atom stereocenters. The van der Waals surface area contributed by atoms with Gasteiger partial charge in [-0.3, -0.25) is 4.79 Å². The summed E-state index contributed by atoms with van der Waals surface area (Å²) in [6.07, 6.45) is 2.29. The van der Waals surface area contributed by atoms with Crippen LogP contribution < -0.4 is 10.6 Å². The van der Waals surface area contributed by atoms with Crippen molar-refractivity contribution in [1.82, 2.24) is 5.32 Å². The number of fused-ring (bicyclic) bond motifs is 1. The summed E-state index contributed by atoms with van der Waals surface area (Å²) < 4.78 is 0. The Labute approximate surface area is 125 Å². The van der Waals surface area contributed by atoms with E-state index in [4.69, 9.17) is 0 Å². The zero-order valence-corrected chi connectivity index (χ0v) is 12.3. The summed E-state index contributed by atoms with van der Waals surface area (Å²) in [4.78, 5) is 12.2. The van der Waals surface area contributed by atoms with Gasteiger partial charge in [0.25, 0.3) is 5.91 Å². The lowest BCUT2D eigenvalue weighted by Crippen LogP contribution is -2.24. The third-order valence-corrected chi connectivity index (χ3v) is 3.91. The minimum atomic E-state index is -0.0246. The zero-order valence-electron chi connectivity index (χ0n) is 12.3. The molecule has 1 amide bonds. The average molecular weight is 280 g/mol. The highest BCUT2D eigenvalue weighted by molar-refractivity contribution is 5.94. The summed E-state index contributed by atoms with van der Waals surface area (Å²) in [7, 11) is 0. The van der Waals surface area contributed by atoms with Gasteiger partial charge in [-0.2, -0.15) is 0 Å². The Morgan fingerprint density at radius 1 is 1.19 bits per heavy atom. The molecule has 108 valence electrons. The lowest BCUT2D eigenvalue weighted by Gasteiger charge is -2.21. The number of benzene rings is 2. The summed E-state index contributed by atoms with van der Waals surface area (Å²) in [6.45, 7) is 3.59. The summed E-state index contributed by atoms with van der Waals surface area (Å²) in [5, 5.41) is 6.46. The van der Waals surface area contributed by atoms with Gasteiger partial charge < -0.3 is 10.6 Å². The van der Waals surface area contributed by atoms with E-state index in [2.05, 4.69) is 28.8 Å². The largest absolute Gasteiger partial charge is 0.385 e. The van der Waals surface area contributed by atoms with Crippen molar-refractivity contribution in [3.8, 4) is 0 Å². The fourth-order valence-corrected chi connectivity index (χ4v) is 2.71. The number of para-hydroxylation sites is 1. The highest BCUT2D eigenvalue weighted by atomic mass is 16.1. The second-order valence-corrected chi connectivity index (χ2v) is 5.53. The molecule has 0 aliphatic carbocycles. The Morgan fingerprint density at radius 3 is 2.81 bits per heavy atom. The van der Waals surface area contributed by atoms with Crippen molar-refractivity contribution in [2.75, 3.05) is 11.9 Å². The van der Waals surface area contributed by atoms with E-state index in [1.807, 2.05) is 31.2 Å². The maximum absolute atomic E-state index is 12.2. The van der Waals surface area contributed by atoms with Crippen molar-refractivity contribution in [3.05, 3.63) is 64.7 Å². The Morgan fingerprint density at radius 2 is 2.00 bits per heavy atom. The molecule has 0 atom stereocenters. The number of anilines is 1. The van der Waals surface area contributed by atoms with Crippen LogP contribution in [0.1, 0.15) is 33.5 Å². The molecule has 2 N–H and O–H groups in total. The van der Waals surface area contributed by atoms with Gasteiger partial charge in [-0.25, -0.2) is 0 Å². The molecule has 3 rings (SSSR count). The van der Waals surface area contributed by atoms with Crippen LogP contribution in [0.3, 0.4) is 0 Å². The van der Waals surface area contributed by atoms with Gasteiger partial charge in [0.05, 0.1) is 0 Å². The molecule has 2 aromatic rings. The van der Waals surface area contributed by atoms with Gasteiger partial charge in [-0.1, -0.05) is 35.9 Å². The first-order chi connectivity index (χ1) is 10.2. The summed E-state index contributed by atoms with van der Waals surface area (Å²) >= 11 is 0. The third-order valence-electron chi connectivity index (χ3n) is 3.91. The van der Waals surface area contributed by atoms with E-state index in [0.717, 1.165) is 24.1 Å². The van der Waals surface area contributed by atoms with Crippen LogP contribution in [0.5, 0.6) is 0 Å². The number of nitrogens with one attached hydrogen (secondary N) is 2. The van der Waals surface area contributed by atoms with Crippen molar-refractivity contribution in [3.63, 3.8) is 0 Å². The Balaban J connectivity index is 1.70. The topological polar surface area (TPSA) is 41.1 Å². The summed E-state index contributed by atoms with van der Waals surface area (Å²) in [6, 6.07) is 14.0. The number of aryl methyl sites for hydroxylation is 2. The molecule has 2 aromatic carbocycles. The number of rotatable bonds is 3. The first-order valence-electron chi connectivity index (χ1n) is 7.43. The standard InChI is InChI=1S/C18H20N2O/c1-13-7-9-15(10-8-13)18(21)20-12-16-5-2-4-14-6-3-11-19-17(14)16/h2,4-5,7-10,19H,3,6,11-12H2,1H3,(H,20,21). The van der Waals surface area contributed by atoms with E-state index in [1.165, 1.54) is 17.7 Å². The normalized spacial score (nSPS) is 13.2. The van der Waals surface area contributed by atoms with Crippen molar-refractivity contribution in [1.29, 1.82) is 0 Å². The molecular formula is C18H20N2O. The fraction of sp³-hybridized carbons (Fsp3) is 0.278. The predicted octanol–water partition coefficient (Wildman–Crippen LogP) is 3.28. The van der Waals surface area contributed by atoms with Crippen LogP contribution >= 0.6 is 0 Å². The Bertz CT molecular complexity index is 647. The molecule has 0 spiro atoms. The molecule has 1 aliphatic rings. The van der Waals surface area contributed by atoms with Crippen LogP contribution in [0.25, 0.3) is 0 Å². The first-order valence-corrected chi connectivity index (χ1v) is 7.43. The predicted molar refractivity (Wildman–Crippen MR) is 85.6 cm³/mol. The highest BCUT2D eigenvalue weighted by Gasteiger charge is 2.13. The molecule has 0 radical (unpaired) electrons. The molecule has 3 heteroatoms. The number of hydrogen-bond acceptors (Lipinski definition) is 2. The van der Waals surface area contributed by atoms with Gasteiger partial charge in [0.15, 0.2) is 0 Å². The van der Waals surface area contributed by atoms with Crippen LogP contribution in [0.4, 0.5) is 5.69 Å². The molecule has 0 aromatic heterocycles. The number of amides is 1. The monoisotopic (exact) mass is 280 g/mol. The molecule has 0 bridgehead atoms. The Kier molecular flexibility index (Phi) is 3.91. The second kappa shape index (κ2) is 6.00. The summed E-state index contributed by atoms with van der Waals surface area (Å²) in [5.74, 6) is -0.0246. The van der Waals surface area contributed by atoms with Crippen molar-refractivity contribution >= 4 is 11.6 Å². The van der Waals surface area contributed by atoms with E-state index in [9.17, 15) is 4.79 Å². The van der Waals surface area contributed by atoms with E-state index < -0.39 is 0 Å². The average Bonchev–Trinajstić information content (AvgIpc) is 2.53. The van der Waals surface area contributed by atoms with E-state index in [-0.39, 0.29) is 5.91 Å². The molecule has 21 heavy (non-hydrogen) atoms. The fourth-order valence-electron chi connectivity index (χ4n) is 2.71. The van der Waals surface area contributed by atoms with Gasteiger partial charge >= 0.3 is 0 Å². The van der Waals surface area contributed by atoms with Crippen LogP contribution in [0, 0.1) is 6.92 Å².